The molecule has 184 valence electrons. The Bertz CT molecular complexity index is 824. The van der Waals surface area contributed by atoms with Crippen LogP contribution in [0.25, 0.3) is 0 Å². The standard InChI is InChI=1S/C22H29F3N2O6/c23-22(24,25)5-6-27-10-15(28)11-30-12-20-17(27)3-2-16(33-20)8-21(29)26-9-14-1-4-18-19(7-14)32-13-31-18/h1,4,7,15-17,20,28H,2-3,5-6,8-13H2,(H,26,29)/t15-,16+,17-,20+/m1/s1. The zero-order valence-corrected chi connectivity index (χ0v) is 18.2. The Morgan fingerprint density at radius 3 is 2.82 bits per heavy atom. The van der Waals surface area contributed by atoms with Gasteiger partial charge >= 0.3 is 6.18 Å². The third-order valence-corrected chi connectivity index (χ3v) is 6.11. The first kappa shape index (κ1) is 24.1. The van der Waals surface area contributed by atoms with E-state index in [0.29, 0.717) is 30.9 Å². The minimum absolute atomic E-state index is 0.0375. The molecule has 2 fully saturated rings. The quantitative estimate of drug-likeness (QED) is 0.652. The first-order valence-electron chi connectivity index (χ1n) is 11.1. The number of hydrogen-bond acceptors (Lipinski definition) is 7. The van der Waals surface area contributed by atoms with Gasteiger partial charge in [0, 0.05) is 25.7 Å². The Kier molecular flexibility index (Phi) is 7.62. The van der Waals surface area contributed by atoms with E-state index >= 15 is 0 Å². The molecule has 3 aliphatic heterocycles. The molecule has 1 aromatic carbocycles. The maximum absolute atomic E-state index is 12.8. The van der Waals surface area contributed by atoms with Crippen LogP contribution < -0.4 is 14.8 Å². The number of β-amino-alcohol motifs (C(OH)–C–C–N with tert-alkyl or cyclic N) is 1. The number of hydrogen-bond donors (Lipinski definition) is 2. The van der Waals surface area contributed by atoms with Gasteiger partial charge in [-0.25, -0.2) is 0 Å². The van der Waals surface area contributed by atoms with Gasteiger partial charge in [0.1, 0.15) is 0 Å². The van der Waals surface area contributed by atoms with Crippen molar-refractivity contribution in [1.82, 2.24) is 10.2 Å². The van der Waals surface area contributed by atoms with Crippen molar-refractivity contribution >= 4 is 5.91 Å². The molecule has 4 rings (SSSR count). The predicted molar refractivity (Wildman–Crippen MR) is 110 cm³/mol. The topological polar surface area (TPSA) is 89.5 Å². The van der Waals surface area contributed by atoms with Crippen molar-refractivity contribution in [2.24, 2.45) is 0 Å². The minimum Gasteiger partial charge on any atom is -0.454 e. The van der Waals surface area contributed by atoms with E-state index in [2.05, 4.69) is 5.32 Å². The van der Waals surface area contributed by atoms with Crippen LogP contribution in [-0.4, -0.2) is 79.5 Å². The molecule has 33 heavy (non-hydrogen) atoms. The molecular formula is C22H29F3N2O6. The first-order chi connectivity index (χ1) is 15.8. The van der Waals surface area contributed by atoms with Crippen molar-refractivity contribution in [2.45, 2.75) is 62.8 Å². The molecule has 0 aromatic heterocycles. The van der Waals surface area contributed by atoms with Gasteiger partial charge in [0.15, 0.2) is 11.5 Å². The van der Waals surface area contributed by atoms with Crippen LogP contribution in [-0.2, 0) is 20.8 Å². The van der Waals surface area contributed by atoms with Gasteiger partial charge in [-0.05, 0) is 30.5 Å². The number of rotatable bonds is 6. The highest BCUT2D eigenvalue weighted by molar-refractivity contribution is 5.76. The van der Waals surface area contributed by atoms with Crippen LogP contribution >= 0.6 is 0 Å². The van der Waals surface area contributed by atoms with Gasteiger partial charge in [0.25, 0.3) is 0 Å². The van der Waals surface area contributed by atoms with Crippen LogP contribution in [0.15, 0.2) is 18.2 Å². The fourth-order valence-corrected chi connectivity index (χ4v) is 4.50. The van der Waals surface area contributed by atoms with Gasteiger partial charge in [-0.3, -0.25) is 9.69 Å². The van der Waals surface area contributed by atoms with E-state index in [1.807, 2.05) is 12.1 Å². The number of nitrogens with zero attached hydrogens (tertiary/aromatic N) is 1. The van der Waals surface area contributed by atoms with Crippen molar-refractivity contribution in [2.75, 3.05) is 33.1 Å². The fraction of sp³-hybridized carbons (Fsp3) is 0.682. The molecule has 11 heteroatoms. The molecule has 3 heterocycles. The second-order valence-corrected chi connectivity index (χ2v) is 8.66. The van der Waals surface area contributed by atoms with Crippen LogP contribution in [0.2, 0.25) is 0 Å². The molecule has 0 saturated carbocycles. The number of carbonyl (C=O) groups excluding carboxylic acids is 1. The number of amides is 1. The second kappa shape index (κ2) is 10.5. The smallest absolute Gasteiger partial charge is 0.390 e. The number of aliphatic hydroxyl groups excluding tert-OH is 1. The first-order valence-corrected chi connectivity index (χ1v) is 11.1. The van der Waals surface area contributed by atoms with Crippen LogP contribution in [0.5, 0.6) is 11.5 Å². The summed E-state index contributed by atoms with van der Waals surface area (Å²) in [5, 5.41) is 12.9. The molecule has 0 bridgehead atoms. The third-order valence-electron chi connectivity index (χ3n) is 6.11. The Balaban J connectivity index is 1.29. The van der Waals surface area contributed by atoms with Gasteiger partial charge in [-0.1, -0.05) is 6.07 Å². The molecule has 2 saturated heterocycles. The summed E-state index contributed by atoms with van der Waals surface area (Å²) in [6.45, 7) is 0.617. The van der Waals surface area contributed by atoms with Crippen LogP contribution in [0, 0.1) is 0 Å². The summed E-state index contributed by atoms with van der Waals surface area (Å²) < 4.78 is 60.5. The molecule has 0 radical (unpaired) electrons. The highest BCUT2D eigenvalue weighted by Gasteiger charge is 2.39. The molecule has 0 aliphatic carbocycles. The molecule has 1 aromatic rings. The number of fused-ring (bicyclic) bond motifs is 2. The molecular weight excluding hydrogens is 445 g/mol. The third kappa shape index (κ3) is 6.72. The largest absolute Gasteiger partial charge is 0.454 e. The highest BCUT2D eigenvalue weighted by Crippen LogP contribution is 2.33. The highest BCUT2D eigenvalue weighted by atomic mass is 19.4. The van der Waals surface area contributed by atoms with E-state index in [-0.39, 0.29) is 57.6 Å². The summed E-state index contributed by atoms with van der Waals surface area (Å²) in [6.07, 6.45) is -5.61. The maximum Gasteiger partial charge on any atom is 0.390 e. The van der Waals surface area contributed by atoms with Crippen LogP contribution in [0.4, 0.5) is 13.2 Å². The Morgan fingerprint density at radius 1 is 1.18 bits per heavy atom. The summed E-state index contributed by atoms with van der Waals surface area (Å²) in [6, 6.07) is 5.17. The van der Waals surface area contributed by atoms with Crippen LogP contribution in [0.3, 0.4) is 0 Å². The molecule has 0 spiro atoms. The van der Waals surface area contributed by atoms with E-state index < -0.39 is 24.8 Å². The molecule has 1 amide bonds. The summed E-state index contributed by atoms with van der Waals surface area (Å²) in [4.78, 5) is 14.1. The Labute approximate surface area is 189 Å². The number of nitrogens with one attached hydrogen (secondary N) is 1. The Hall–Kier alpha value is -2.08. The number of benzene rings is 1. The molecule has 4 atom stereocenters. The van der Waals surface area contributed by atoms with Gasteiger partial charge in [0.05, 0.1) is 44.4 Å². The molecule has 0 unspecified atom stereocenters. The SMILES string of the molecule is O=C(C[C@@H]1CC[C@@H]2[C@H](COC[C@H](O)CN2CCC(F)(F)F)O1)NCc1ccc2c(c1)OCO2. The maximum atomic E-state index is 12.8. The number of carbonyl (C=O) groups is 1. The van der Waals surface area contributed by atoms with E-state index in [4.69, 9.17) is 18.9 Å². The number of ether oxygens (including phenoxy) is 4. The van der Waals surface area contributed by atoms with Gasteiger partial charge in [-0.2, -0.15) is 13.2 Å². The summed E-state index contributed by atoms with van der Waals surface area (Å²) in [5.74, 6) is 1.15. The lowest BCUT2D eigenvalue weighted by atomic mass is 9.94. The van der Waals surface area contributed by atoms with E-state index in [0.717, 1.165) is 5.56 Å². The van der Waals surface area contributed by atoms with Gasteiger partial charge in [0.2, 0.25) is 12.7 Å². The normalized spacial score (nSPS) is 28.0. The van der Waals surface area contributed by atoms with Crippen molar-refractivity contribution < 1.29 is 42.0 Å². The van der Waals surface area contributed by atoms with Crippen molar-refractivity contribution in [3.05, 3.63) is 23.8 Å². The minimum atomic E-state index is -4.27. The van der Waals surface area contributed by atoms with Gasteiger partial charge in [-0.15, -0.1) is 0 Å². The van der Waals surface area contributed by atoms with Gasteiger partial charge < -0.3 is 29.4 Å². The van der Waals surface area contributed by atoms with Crippen molar-refractivity contribution in [3.63, 3.8) is 0 Å². The van der Waals surface area contributed by atoms with E-state index in [1.54, 1.807) is 11.0 Å². The van der Waals surface area contributed by atoms with E-state index in [1.165, 1.54) is 0 Å². The molecule has 2 N–H and O–H groups in total. The second-order valence-electron chi connectivity index (χ2n) is 8.66. The van der Waals surface area contributed by atoms with Crippen LogP contribution in [0.1, 0.15) is 31.2 Å². The van der Waals surface area contributed by atoms with Crippen molar-refractivity contribution in [1.29, 1.82) is 0 Å². The monoisotopic (exact) mass is 474 g/mol. The lowest BCUT2D eigenvalue weighted by Gasteiger charge is -2.44. The lowest BCUT2D eigenvalue weighted by Crippen LogP contribution is -2.56. The molecule has 3 aliphatic rings. The molecule has 8 nitrogen and oxygen atoms in total. The number of alkyl halides is 3. The summed E-state index contributed by atoms with van der Waals surface area (Å²) in [5.41, 5.74) is 0.879. The zero-order valence-electron chi connectivity index (χ0n) is 18.2. The van der Waals surface area contributed by atoms with Crippen molar-refractivity contribution in [3.8, 4) is 11.5 Å². The Morgan fingerprint density at radius 2 is 2.00 bits per heavy atom. The average Bonchev–Trinajstić information content (AvgIpc) is 3.22. The zero-order chi connectivity index (χ0) is 23.4. The predicted octanol–water partition coefficient (Wildman–Crippen LogP) is 1.98. The number of aliphatic hydroxyl groups is 1. The lowest BCUT2D eigenvalue weighted by molar-refractivity contribution is -0.169. The average molecular weight is 474 g/mol. The van der Waals surface area contributed by atoms with E-state index in [9.17, 15) is 23.1 Å². The number of halogens is 3. The summed E-state index contributed by atoms with van der Waals surface area (Å²) >= 11 is 0. The fourth-order valence-electron chi connectivity index (χ4n) is 4.50. The summed E-state index contributed by atoms with van der Waals surface area (Å²) in [7, 11) is 0.